The predicted molar refractivity (Wildman–Crippen MR) is 189 cm³/mol. The Hall–Kier alpha value is -3.87. The topological polar surface area (TPSA) is 110 Å². The van der Waals surface area contributed by atoms with Gasteiger partial charge in [0, 0.05) is 34.7 Å². The predicted octanol–water partition coefficient (Wildman–Crippen LogP) is 6.38. The van der Waals surface area contributed by atoms with E-state index in [-0.39, 0.29) is 28.5 Å². The average molecular weight is 742 g/mol. The Morgan fingerprint density at radius 1 is 1.02 bits per heavy atom. The van der Waals surface area contributed by atoms with E-state index >= 15 is 0 Å². The number of aromatic nitrogens is 1. The van der Waals surface area contributed by atoms with Gasteiger partial charge >= 0.3 is 11.9 Å². The third-order valence-electron chi connectivity index (χ3n) is 9.58. The van der Waals surface area contributed by atoms with Gasteiger partial charge < -0.3 is 18.9 Å². The number of rotatable bonds is 13. The van der Waals surface area contributed by atoms with Gasteiger partial charge in [0.25, 0.3) is 0 Å². The second kappa shape index (κ2) is 15.6. The lowest BCUT2D eigenvalue weighted by Gasteiger charge is -2.45. The first-order valence-corrected chi connectivity index (χ1v) is 18.0. The van der Waals surface area contributed by atoms with E-state index in [1.54, 1.807) is 24.3 Å². The van der Waals surface area contributed by atoms with Crippen molar-refractivity contribution in [1.82, 2.24) is 10.2 Å². The van der Waals surface area contributed by atoms with Crippen LogP contribution in [0.2, 0.25) is 10.0 Å². The van der Waals surface area contributed by atoms with Crippen LogP contribution in [0.25, 0.3) is 0 Å². The van der Waals surface area contributed by atoms with Gasteiger partial charge in [-0.15, -0.1) is 11.3 Å². The van der Waals surface area contributed by atoms with Gasteiger partial charge in [-0.25, -0.2) is 9.59 Å². The molecule has 2 aromatic carbocycles. The molecule has 264 valence electrons. The molecule has 0 aliphatic carbocycles. The molecule has 7 rings (SSSR count). The van der Waals surface area contributed by atoms with E-state index in [4.69, 9.17) is 42.1 Å². The number of nitrogens with one attached hydrogen (secondary N) is 1. The Kier molecular flexibility index (Phi) is 11.2. The van der Waals surface area contributed by atoms with Crippen molar-refractivity contribution in [1.29, 1.82) is 0 Å². The Balaban J connectivity index is 1.20. The molecule has 13 heteroatoms. The van der Waals surface area contributed by atoms with Gasteiger partial charge in [0.15, 0.2) is 11.5 Å². The molecule has 5 heterocycles. The smallest absolute Gasteiger partial charge is 0.348 e. The van der Waals surface area contributed by atoms with Crippen LogP contribution in [0.15, 0.2) is 73.1 Å². The first-order chi connectivity index (χ1) is 24.1. The van der Waals surface area contributed by atoms with E-state index in [1.165, 1.54) is 38.0 Å². The second-order valence-electron chi connectivity index (χ2n) is 12.7. The molecule has 3 fully saturated rings. The summed E-state index contributed by atoms with van der Waals surface area (Å²) >= 11 is 14.2. The summed E-state index contributed by atoms with van der Waals surface area (Å²) in [7, 11) is 3.06. The molecule has 10 nitrogen and oxygen atoms in total. The summed E-state index contributed by atoms with van der Waals surface area (Å²) in [6.45, 7) is 5.05. The maximum atomic E-state index is 13.9. The third kappa shape index (κ3) is 7.87. The van der Waals surface area contributed by atoms with Gasteiger partial charge in [0.2, 0.25) is 12.4 Å². The van der Waals surface area contributed by atoms with Crippen LogP contribution in [0.1, 0.15) is 57.1 Å². The van der Waals surface area contributed by atoms with Crippen molar-refractivity contribution in [3.05, 3.63) is 110 Å². The number of halogens is 2. The molecule has 3 saturated heterocycles. The minimum atomic E-state index is -1.11. The molecule has 4 aromatic rings. The lowest BCUT2D eigenvalue weighted by Crippen LogP contribution is -2.55. The molecular weight excluding hydrogens is 701 g/mol. The fraction of sp³-hybridized carbons (Fsp3) is 0.378. The zero-order valence-corrected chi connectivity index (χ0v) is 30.4. The average Bonchev–Trinajstić information content (AvgIpc) is 3.61. The van der Waals surface area contributed by atoms with E-state index < -0.39 is 17.6 Å². The van der Waals surface area contributed by atoms with E-state index in [0.29, 0.717) is 40.0 Å². The van der Waals surface area contributed by atoms with Crippen molar-refractivity contribution in [2.45, 2.75) is 50.5 Å². The van der Waals surface area contributed by atoms with Crippen LogP contribution in [0, 0.1) is 5.92 Å². The minimum absolute atomic E-state index is 0.122. The van der Waals surface area contributed by atoms with Crippen molar-refractivity contribution in [3.63, 3.8) is 0 Å². The number of hydrogen-bond donors (Lipinski definition) is 2. The second-order valence-corrected chi connectivity index (χ2v) is 14.7. The summed E-state index contributed by atoms with van der Waals surface area (Å²) in [6.07, 6.45) is 3.89. The van der Waals surface area contributed by atoms with Gasteiger partial charge in [-0.05, 0) is 74.2 Å². The first-order valence-electron chi connectivity index (χ1n) is 16.4. The maximum absolute atomic E-state index is 13.9. The SMILES string of the molecule is COc1ccc([C@H](Cc2c(Cl)c[n+](O)cc2Cl)OC(=O)c2ccc(CNC(C)(C(=O)O[C@H]3CN4CCC3CC4)c3ccccc3)s2)cc1OC. The molecule has 3 aliphatic heterocycles. The highest BCUT2D eigenvalue weighted by atomic mass is 35.5. The van der Waals surface area contributed by atoms with Gasteiger partial charge in [-0.3, -0.25) is 15.4 Å². The Labute approximate surface area is 305 Å². The normalized spacial score (nSPS) is 20.1. The number of esters is 2. The molecule has 3 aliphatic rings. The van der Waals surface area contributed by atoms with Crippen molar-refractivity contribution >= 4 is 46.5 Å². The molecule has 2 N–H and O–H groups in total. The fourth-order valence-electron chi connectivity index (χ4n) is 6.60. The lowest BCUT2D eigenvalue weighted by atomic mass is 9.85. The van der Waals surface area contributed by atoms with Gasteiger partial charge in [0.1, 0.15) is 32.7 Å². The Morgan fingerprint density at radius 3 is 2.36 bits per heavy atom. The highest BCUT2D eigenvalue weighted by Gasteiger charge is 2.42. The van der Waals surface area contributed by atoms with Crippen molar-refractivity contribution in [2.24, 2.45) is 5.92 Å². The van der Waals surface area contributed by atoms with Crippen LogP contribution in [-0.2, 0) is 32.8 Å². The molecule has 0 spiro atoms. The van der Waals surface area contributed by atoms with Crippen LogP contribution in [0.3, 0.4) is 0 Å². The van der Waals surface area contributed by atoms with E-state index in [1.807, 2.05) is 43.3 Å². The van der Waals surface area contributed by atoms with E-state index in [9.17, 15) is 14.8 Å². The van der Waals surface area contributed by atoms with Crippen LogP contribution >= 0.6 is 34.5 Å². The number of thiophene rings is 1. The number of fused-ring (bicyclic) bond motifs is 3. The Morgan fingerprint density at radius 2 is 1.72 bits per heavy atom. The third-order valence-corrected chi connectivity index (χ3v) is 11.3. The van der Waals surface area contributed by atoms with Crippen molar-refractivity contribution in [3.8, 4) is 11.5 Å². The monoisotopic (exact) mass is 740 g/mol. The van der Waals surface area contributed by atoms with Crippen molar-refractivity contribution in [2.75, 3.05) is 33.9 Å². The van der Waals surface area contributed by atoms with Crippen LogP contribution in [-0.4, -0.2) is 62.0 Å². The number of ether oxygens (including phenoxy) is 4. The number of carbonyl (C=O) groups is 2. The summed E-state index contributed by atoms with van der Waals surface area (Å²) < 4.78 is 24.0. The number of hydrogen-bond acceptors (Lipinski definition) is 10. The number of methoxy groups -OCH3 is 2. The van der Waals surface area contributed by atoms with Gasteiger partial charge in [-0.2, -0.15) is 0 Å². The Bertz CT molecular complexity index is 1810. The lowest BCUT2D eigenvalue weighted by molar-refractivity contribution is -0.904. The fourth-order valence-corrected chi connectivity index (χ4v) is 8.03. The number of piperidine rings is 3. The largest absolute Gasteiger partial charge is 0.493 e. The van der Waals surface area contributed by atoms with E-state index in [0.717, 1.165) is 47.6 Å². The highest BCUT2D eigenvalue weighted by Crippen LogP contribution is 2.36. The number of carbonyl (C=O) groups excluding carboxylic acids is 2. The molecule has 3 atom stereocenters. The van der Waals surface area contributed by atoms with Crippen molar-refractivity contribution < 1.29 is 38.5 Å². The summed E-state index contributed by atoms with van der Waals surface area (Å²) in [5.41, 5.74) is 0.803. The zero-order valence-electron chi connectivity index (χ0n) is 28.1. The number of pyridine rings is 1. The van der Waals surface area contributed by atoms with Crippen LogP contribution < -0.4 is 19.5 Å². The molecule has 1 unspecified atom stereocenters. The maximum Gasteiger partial charge on any atom is 0.348 e. The summed E-state index contributed by atoms with van der Waals surface area (Å²) in [5, 5.41) is 13.7. The zero-order chi connectivity index (χ0) is 35.4. The molecule has 0 saturated carbocycles. The quantitative estimate of drug-likeness (QED) is 0.0917. The molecular formula is C37H40Cl2N3O7S+. The summed E-state index contributed by atoms with van der Waals surface area (Å²) in [4.78, 5) is 31.1. The number of benzene rings is 2. The van der Waals surface area contributed by atoms with Gasteiger partial charge in [-0.1, -0.05) is 59.6 Å². The molecule has 2 bridgehead atoms. The molecule has 0 radical (unpaired) electrons. The standard InChI is InChI=1S/C37H40Cl2N3O7S/c1-37(25-7-5-4-6-8-25,36(44)49-33-22-41-15-13-23(33)14-16-41)40-19-26-10-12-34(50-26)35(43)48-31(18-27-28(38)20-42(45)21-29(27)39)24-9-11-30(46-2)32(17-24)47-3/h4-12,17,20-21,23,31,33,40,45H,13-16,18-19,22H2,1-3H3/q+1/t31-,33-,37?/m0/s1. The molecule has 2 aromatic heterocycles. The number of nitrogens with zero attached hydrogens (tertiary/aromatic N) is 2. The highest BCUT2D eigenvalue weighted by molar-refractivity contribution is 7.13. The summed E-state index contributed by atoms with van der Waals surface area (Å²) in [5.74, 6) is 0.499. The van der Waals surface area contributed by atoms with Crippen LogP contribution in [0.4, 0.5) is 0 Å². The minimum Gasteiger partial charge on any atom is -0.493 e. The van der Waals surface area contributed by atoms with Gasteiger partial charge in [0.05, 0.1) is 14.2 Å². The summed E-state index contributed by atoms with van der Waals surface area (Å²) in [6, 6.07) is 18.3. The van der Waals surface area contributed by atoms with E-state index in [2.05, 4.69) is 10.2 Å². The first kappa shape index (κ1) is 35.9. The van der Waals surface area contributed by atoms with Crippen LogP contribution in [0.5, 0.6) is 11.5 Å². The molecule has 50 heavy (non-hydrogen) atoms. The molecule has 0 amide bonds.